The van der Waals surface area contributed by atoms with Gasteiger partial charge in [-0.3, -0.25) is 4.79 Å². The minimum atomic E-state index is -0.831. The van der Waals surface area contributed by atoms with Gasteiger partial charge in [0.1, 0.15) is 5.75 Å². The molecule has 0 bridgehead atoms. The van der Waals surface area contributed by atoms with Crippen molar-refractivity contribution in [2.24, 2.45) is 0 Å². The van der Waals surface area contributed by atoms with Crippen molar-refractivity contribution >= 4 is 5.97 Å². The van der Waals surface area contributed by atoms with Gasteiger partial charge < -0.3 is 9.84 Å². The molecular weight excluding hydrogens is 268 g/mol. The summed E-state index contributed by atoms with van der Waals surface area (Å²) in [5, 5.41) is 13.6. The first-order chi connectivity index (χ1) is 10.2. The van der Waals surface area contributed by atoms with Crippen LogP contribution in [0.2, 0.25) is 0 Å². The van der Waals surface area contributed by atoms with E-state index in [0.717, 1.165) is 48.4 Å². The van der Waals surface area contributed by atoms with Crippen molar-refractivity contribution in [2.75, 3.05) is 7.11 Å². The van der Waals surface area contributed by atoms with Crippen molar-refractivity contribution in [1.82, 2.24) is 9.78 Å². The van der Waals surface area contributed by atoms with Crippen molar-refractivity contribution in [1.29, 1.82) is 0 Å². The van der Waals surface area contributed by atoms with E-state index in [1.165, 1.54) is 0 Å². The Bertz CT molecular complexity index is 659. The molecule has 21 heavy (non-hydrogen) atoms. The van der Waals surface area contributed by atoms with Crippen molar-refractivity contribution in [3.63, 3.8) is 0 Å². The van der Waals surface area contributed by atoms with Crippen LogP contribution >= 0.6 is 0 Å². The fraction of sp³-hybridized carbons (Fsp3) is 0.375. The van der Waals surface area contributed by atoms with E-state index in [-0.39, 0.29) is 6.42 Å². The Morgan fingerprint density at radius 3 is 2.67 bits per heavy atom. The third-order valence-corrected chi connectivity index (χ3v) is 3.90. The molecule has 1 N–H and O–H groups in total. The van der Waals surface area contributed by atoms with Crippen molar-refractivity contribution in [2.45, 2.75) is 32.1 Å². The van der Waals surface area contributed by atoms with Crippen LogP contribution in [-0.2, 0) is 24.1 Å². The molecule has 0 fully saturated rings. The van der Waals surface area contributed by atoms with E-state index in [4.69, 9.17) is 9.84 Å². The molecule has 0 amide bonds. The molecule has 1 aliphatic rings. The maximum atomic E-state index is 11.0. The van der Waals surface area contributed by atoms with Crippen molar-refractivity contribution < 1.29 is 14.6 Å². The summed E-state index contributed by atoms with van der Waals surface area (Å²) in [7, 11) is 1.63. The Morgan fingerprint density at radius 2 is 2.00 bits per heavy atom. The number of aromatic nitrogens is 2. The number of nitrogens with zero attached hydrogens (tertiary/aromatic N) is 2. The first-order valence-corrected chi connectivity index (χ1v) is 7.15. The van der Waals surface area contributed by atoms with Crippen LogP contribution in [0.15, 0.2) is 24.3 Å². The molecule has 0 atom stereocenters. The van der Waals surface area contributed by atoms with Gasteiger partial charge in [-0.1, -0.05) is 0 Å². The minimum absolute atomic E-state index is 0.00844. The first-order valence-electron chi connectivity index (χ1n) is 7.15. The van der Waals surface area contributed by atoms with Crippen molar-refractivity contribution in [3.05, 3.63) is 41.2 Å². The fourth-order valence-corrected chi connectivity index (χ4v) is 2.90. The fourth-order valence-electron chi connectivity index (χ4n) is 2.90. The molecule has 3 rings (SSSR count). The lowest BCUT2D eigenvalue weighted by Gasteiger charge is -2.14. The molecule has 1 heterocycles. The lowest BCUT2D eigenvalue weighted by atomic mass is 9.95. The van der Waals surface area contributed by atoms with E-state index >= 15 is 0 Å². The van der Waals surface area contributed by atoms with Crippen molar-refractivity contribution in [3.8, 4) is 11.4 Å². The maximum Gasteiger partial charge on any atom is 0.309 e. The molecule has 0 radical (unpaired) electrons. The third kappa shape index (κ3) is 2.63. The monoisotopic (exact) mass is 286 g/mol. The quantitative estimate of drug-likeness (QED) is 0.937. The molecule has 5 nitrogen and oxygen atoms in total. The van der Waals surface area contributed by atoms with Gasteiger partial charge in [0.2, 0.25) is 0 Å². The number of benzene rings is 1. The number of hydrogen-bond acceptors (Lipinski definition) is 3. The first kappa shape index (κ1) is 13.7. The smallest absolute Gasteiger partial charge is 0.309 e. The average molecular weight is 286 g/mol. The highest BCUT2D eigenvalue weighted by molar-refractivity contribution is 5.70. The molecule has 0 saturated carbocycles. The van der Waals surface area contributed by atoms with E-state index < -0.39 is 5.97 Å². The van der Waals surface area contributed by atoms with Gasteiger partial charge in [0.15, 0.2) is 0 Å². The van der Waals surface area contributed by atoms with E-state index in [1.54, 1.807) is 7.11 Å². The van der Waals surface area contributed by atoms with Gasteiger partial charge in [-0.2, -0.15) is 5.10 Å². The molecule has 5 heteroatoms. The third-order valence-electron chi connectivity index (χ3n) is 3.90. The predicted octanol–water partition coefficient (Wildman–Crippen LogP) is 2.39. The number of methoxy groups -OCH3 is 1. The number of carbonyl (C=O) groups is 1. The van der Waals surface area contributed by atoms with Crippen LogP contribution in [-0.4, -0.2) is 28.0 Å². The zero-order chi connectivity index (χ0) is 14.8. The van der Waals surface area contributed by atoms with E-state index in [0.29, 0.717) is 5.69 Å². The number of fused-ring (bicyclic) bond motifs is 1. The second kappa shape index (κ2) is 5.60. The van der Waals surface area contributed by atoms with Crippen LogP contribution in [0.1, 0.15) is 29.8 Å². The molecular formula is C16H18N2O3. The summed E-state index contributed by atoms with van der Waals surface area (Å²) < 4.78 is 7.06. The van der Waals surface area contributed by atoms with Gasteiger partial charge in [0, 0.05) is 5.69 Å². The molecule has 0 saturated heterocycles. The lowest BCUT2D eigenvalue weighted by molar-refractivity contribution is -0.136. The molecule has 2 aromatic rings. The SMILES string of the molecule is COc1ccc(-n2nc(CC(=O)O)c3c2CCCC3)cc1. The van der Waals surface area contributed by atoms with Gasteiger partial charge in [0.25, 0.3) is 0 Å². The van der Waals surface area contributed by atoms with Gasteiger partial charge in [-0.25, -0.2) is 4.68 Å². The molecule has 1 aliphatic carbocycles. The average Bonchev–Trinajstić information content (AvgIpc) is 2.86. The summed E-state index contributed by atoms with van der Waals surface area (Å²) in [5.74, 6) is -0.0340. The highest BCUT2D eigenvalue weighted by atomic mass is 16.5. The Morgan fingerprint density at radius 1 is 1.29 bits per heavy atom. The van der Waals surface area contributed by atoms with Crippen LogP contribution < -0.4 is 4.74 Å². The summed E-state index contributed by atoms with van der Waals surface area (Å²) in [6, 6.07) is 7.68. The summed E-state index contributed by atoms with van der Waals surface area (Å²) in [6.07, 6.45) is 4.10. The number of carboxylic acid groups (broad SMARTS) is 1. The molecule has 110 valence electrons. The lowest BCUT2D eigenvalue weighted by Crippen LogP contribution is -2.08. The second-order valence-electron chi connectivity index (χ2n) is 5.26. The van der Waals surface area contributed by atoms with Crippen LogP contribution in [0.4, 0.5) is 0 Å². The summed E-state index contributed by atoms with van der Waals surface area (Å²) in [5.41, 5.74) is 3.93. The van der Waals surface area contributed by atoms with E-state index in [1.807, 2.05) is 28.9 Å². The highest BCUT2D eigenvalue weighted by Crippen LogP contribution is 2.27. The zero-order valence-corrected chi connectivity index (χ0v) is 12.0. The van der Waals surface area contributed by atoms with E-state index in [9.17, 15) is 4.79 Å². The normalized spacial score (nSPS) is 13.8. The van der Waals surface area contributed by atoms with Gasteiger partial charge in [-0.15, -0.1) is 0 Å². The number of ether oxygens (including phenoxy) is 1. The number of aliphatic carboxylic acids is 1. The largest absolute Gasteiger partial charge is 0.497 e. The highest BCUT2D eigenvalue weighted by Gasteiger charge is 2.22. The molecule has 0 spiro atoms. The Kier molecular flexibility index (Phi) is 3.64. The van der Waals surface area contributed by atoms with Crippen LogP contribution in [0.5, 0.6) is 5.75 Å². The topological polar surface area (TPSA) is 64.4 Å². The zero-order valence-electron chi connectivity index (χ0n) is 12.0. The number of hydrogen-bond donors (Lipinski definition) is 1. The van der Waals surface area contributed by atoms with Crippen LogP contribution in [0.3, 0.4) is 0 Å². The Hall–Kier alpha value is -2.30. The van der Waals surface area contributed by atoms with E-state index in [2.05, 4.69) is 5.10 Å². The summed E-state index contributed by atoms with van der Waals surface area (Å²) >= 11 is 0. The van der Waals surface area contributed by atoms with Gasteiger partial charge >= 0.3 is 5.97 Å². The van der Waals surface area contributed by atoms with Gasteiger partial charge in [0.05, 0.1) is 24.9 Å². The van der Waals surface area contributed by atoms with Crippen LogP contribution in [0.25, 0.3) is 5.69 Å². The molecule has 0 aliphatic heterocycles. The molecule has 1 aromatic heterocycles. The number of rotatable bonds is 4. The van der Waals surface area contributed by atoms with Gasteiger partial charge in [-0.05, 0) is 55.5 Å². The Balaban J connectivity index is 2.04. The van der Waals surface area contributed by atoms with Crippen LogP contribution in [0, 0.1) is 0 Å². The Labute approximate surface area is 123 Å². The second-order valence-corrected chi connectivity index (χ2v) is 5.26. The summed E-state index contributed by atoms with van der Waals surface area (Å²) in [4.78, 5) is 11.0. The molecule has 0 unspecified atom stereocenters. The maximum absolute atomic E-state index is 11.0. The standard InChI is InChI=1S/C16H18N2O3/c1-21-12-8-6-11(7-9-12)18-15-5-3-2-4-13(15)14(17-18)10-16(19)20/h6-9H,2-5,10H2,1H3,(H,19,20). The molecule has 1 aromatic carbocycles. The minimum Gasteiger partial charge on any atom is -0.497 e. The predicted molar refractivity (Wildman–Crippen MR) is 78.1 cm³/mol. The number of carboxylic acids is 1. The summed E-state index contributed by atoms with van der Waals surface area (Å²) in [6.45, 7) is 0.